The number of ether oxygens (including phenoxy) is 3. The maximum atomic E-state index is 13.0. The summed E-state index contributed by atoms with van der Waals surface area (Å²) in [4.78, 5) is 33.4. The number of methoxy groups -OCH3 is 3. The van der Waals surface area contributed by atoms with Crippen LogP contribution in [0.15, 0.2) is 41.8 Å². The van der Waals surface area contributed by atoms with Crippen molar-refractivity contribution in [3.05, 3.63) is 58.0 Å². The van der Waals surface area contributed by atoms with Gasteiger partial charge in [0.1, 0.15) is 5.69 Å². The quantitative estimate of drug-likeness (QED) is 0.342. The van der Waals surface area contributed by atoms with Crippen LogP contribution in [0.1, 0.15) is 39.8 Å². The Balaban J connectivity index is 0.000000297. The van der Waals surface area contributed by atoms with Crippen LogP contribution < -0.4 is 24.8 Å². The van der Waals surface area contributed by atoms with Crippen LogP contribution in [-0.4, -0.2) is 92.5 Å². The number of anilines is 2. The molecule has 244 valence electrons. The number of hydrogen-bond donors (Lipinski definition) is 2. The molecule has 0 saturated carbocycles. The zero-order chi connectivity index (χ0) is 32.7. The SMILES string of the molecule is COc1cc(N)cc(OC)c1OC.O=C(O)N1CCC(c2nc(C(=O)N3CCN(c4cccc(C(F)(F)F)c4)CC3)cs2)CC1. The number of benzene rings is 2. The summed E-state index contributed by atoms with van der Waals surface area (Å²) >= 11 is 1.42. The van der Waals surface area contributed by atoms with Gasteiger partial charge in [-0.25, -0.2) is 9.78 Å². The Kier molecular flexibility index (Phi) is 10.9. The molecule has 3 aromatic rings. The molecule has 0 radical (unpaired) electrons. The second kappa shape index (κ2) is 14.6. The number of thiazole rings is 1. The van der Waals surface area contributed by atoms with E-state index < -0.39 is 17.8 Å². The summed E-state index contributed by atoms with van der Waals surface area (Å²) in [6.45, 7) is 2.61. The first-order chi connectivity index (χ1) is 21.4. The van der Waals surface area contributed by atoms with Gasteiger partial charge in [-0.2, -0.15) is 13.2 Å². The first kappa shape index (κ1) is 33.5. The van der Waals surface area contributed by atoms with E-state index in [0.717, 1.165) is 17.1 Å². The van der Waals surface area contributed by atoms with Crippen LogP contribution in [0.2, 0.25) is 0 Å². The number of aromatic nitrogens is 1. The van der Waals surface area contributed by atoms with Gasteiger partial charge < -0.3 is 39.8 Å². The van der Waals surface area contributed by atoms with Crippen molar-refractivity contribution in [1.29, 1.82) is 0 Å². The normalized spacial score (nSPS) is 15.6. The van der Waals surface area contributed by atoms with Crippen molar-refractivity contribution in [2.45, 2.75) is 24.9 Å². The van der Waals surface area contributed by atoms with Crippen LogP contribution in [0, 0.1) is 0 Å². The molecule has 0 atom stereocenters. The Morgan fingerprint density at radius 3 is 2.09 bits per heavy atom. The zero-order valence-electron chi connectivity index (χ0n) is 25.2. The minimum atomic E-state index is -4.39. The van der Waals surface area contributed by atoms with Gasteiger partial charge in [0.2, 0.25) is 5.75 Å². The number of piperidine rings is 1. The average molecular weight is 652 g/mol. The highest BCUT2D eigenvalue weighted by atomic mass is 32.1. The third-order valence-electron chi connectivity index (χ3n) is 7.65. The molecular weight excluding hydrogens is 615 g/mol. The maximum absolute atomic E-state index is 13.0. The molecule has 15 heteroatoms. The first-order valence-corrected chi connectivity index (χ1v) is 15.0. The molecule has 0 spiro atoms. The molecule has 1 aromatic heterocycles. The van der Waals surface area contributed by atoms with Crippen LogP contribution in [0.4, 0.5) is 29.3 Å². The van der Waals surface area contributed by atoms with Crippen LogP contribution in [-0.2, 0) is 6.18 Å². The van der Waals surface area contributed by atoms with E-state index in [2.05, 4.69) is 4.98 Å². The Hall–Kier alpha value is -4.40. The van der Waals surface area contributed by atoms with Crippen molar-refractivity contribution in [2.75, 3.05) is 71.2 Å². The lowest BCUT2D eigenvalue weighted by molar-refractivity contribution is -0.137. The molecule has 11 nitrogen and oxygen atoms in total. The van der Waals surface area contributed by atoms with Gasteiger partial charge in [-0.3, -0.25) is 4.79 Å². The molecule has 3 N–H and O–H groups in total. The van der Waals surface area contributed by atoms with Crippen LogP contribution >= 0.6 is 11.3 Å². The van der Waals surface area contributed by atoms with Crippen molar-refractivity contribution >= 4 is 34.7 Å². The van der Waals surface area contributed by atoms with E-state index >= 15 is 0 Å². The number of nitrogens with two attached hydrogens (primary N) is 1. The largest absolute Gasteiger partial charge is 0.493 e. The summed E-state index contributed by atoms with van der Waals surface area (Å²) in [5.41, 5.74) is 6.38. The Morgan fingerprint density at radius 1 is 0.933 bits per heavy atom. The van der Waals surface area contributed by atoms with E-state index in [1.165, 1.54) is 22.3 Å². The lowest BCUT2D eigenvalue weighted by Gasteiger charge is -2.36. The third-order valence-corrected chi connectivity index (χ3v) is 8.66. The van der Waals surface area contributed by atoms with Crippen molar-refractivity contribution < 1.29 is 42.1 Å². The van der Waals surface area contributed by atoms with E-state index in [1.54, 1.807) is 49.8 Å². The van der Waals surface area contributed by atoms with Gasteiger partial charge in [-0.1, -0.05) is 6.07 Å². The molecular formula is C30H36F3N5O6S. The van der Waals surface area contributed by atoms with Gasteiger partial charge in [-0.05, 0) is 31.0 Å². The first-order valence-electron chi connectivity index (χ1n) is 14.1. The molecule has 0 aliphatic carbocycles. The smallest absolute Gasteiger partial charge is 0.416 e. The number of amides is 2. The number of carboxylic acid groups (broad SMARTS) is 1. The van der Waals surface area contributed by atoms with Crippen molar-refractivity contribution in [3.63, 3.8) is 0 Å². The number of rotatable bonds is 6. The van der Waals surface area contributed by atoms with E-state index in [9.17, 15) is 22.8 Å². The van der Waals surface area contributed by atoms with Crippen molar-refractivity contribution in [1.82, 2.24) is 14.8 Å². The molecule has 3 heterocycles. The molecule has 2 saturated heterocycles. The zero-order valence-corrected chi connectivity index (χ0v) is 26.0. The summed E-state index contributed by atoms with van der Waals surface area (Å²) in [5.74, 6) is 1.66. The number of likely N-dealkylation sites (tertiary alicyclic amines) is 1. The predicted octanol–water partition coefficient (Wildman–Crippen LogP) is 5.28. The highest BCUT2D eigenvalue weighted by Gasteiger charge is 2.32. The summed E-state index contributed by atoms with van der Waals surface area (Å²) in [6.07, 6.45) is -3.94. The van der Waals surface area contributed by atoms with Gasteiger partial charge >= 0.3 is 12.3 Å². The highest BCUT2D eigenvalue weighted by molar-refractivity contribution is 7.09. The standard InChI is InChI=1S/C21H23F3N4O3S.C9H13NO3/c22-21(23,24)15-2-1-3-16(12-15)26-8-10-27(11-9-26)19(29)17-13-32-18(25-17)14-4-6-28(7-5-14)20(30)31;1-11-7-4-6(10)5-8(12-2)9(7)13-3/h1-3,12-14H,4-11H2,(H,30,31);4-5H,10H2,1-3H3. The molecule has 45 heavy (non-hydrogen) atoms. The summed E-state index contributed by atoms with van der Waals surface area (Å²) in [7, 11) is 4.66. The molecule has 2 aliphatic rings. The Bertz CT molecular complexity index is 1450. The van der Waals surface area contributed by atoms with Gasteiger partial charge in [0.25, 0.3) is 5.91 Å². The number of carbonyl (C=O) groups is 2. The van der Waals surface area contributed by atoms with Gasteiger partial charge in [0.05, 0.1) is 31.9 Å². The lowest BCUT2D eigenvalue weighted by atomic mass is 9.98. The second-order valence-electron chi connectivity index (χ2n) is 10.4. The molecule has 2 aliphatic heterocycles. The van der Waals surface area contributed by atoms with E-state index in [0.29, 0.717) is 86.4 Å². The topological polar surface area (TPSA) is 131 Å². The third kappa shape index (κ3) is 8.21. The van der Waals surface area contributed by atoms with E-state index in [1.807, 2.05) is 4.90 Å². The average Bonchev–Trinajstić information content (AvgIpc) is 3.54. The highest BCUT2D eigenvalue weighted by Crippen LogP contribution is 2.39. The minimum Gasteiger partial charge on any atom is -0.493 e. The fourth-order valence-electron chi connectivity index (χ4n) is 5.20. The van der Waals surface area contributed by atoms with Crippen LogP contribution in [0.3, 0.4) is 0 Å². The summed E-state index contributed by atoms with van der Waals surface area (Å²) in [5, 5.41) is 11.7. The van der Waals surface area contributed by atoms with Crippen molar-refractivity contribution in [2.24, 2.45) is 0 Å². The van der Waals surface area contributed by atoms with Gasteiger partial charge in [-0.15, -0.1) is 11.3 Å². The number of halogens is 3. The summed E-state index contributed by atoms with van der Waals surface area (Å²) in [6, 6.07) is 8.60. The number of hydrogen-bond acceptors (Lipinski definition) is 9. The fraction of sp³-hybridized carbons (Fsp3) is 0.433. The monoisotopic (exact) mass is 651 g/mol. The fourth-order valence-corrected chi connectivity index (χ4v) is 6.17. The van der Waals surface area contributed by atoms with Crippen molar-refractivity contribution in [3.8, 4) is 17.2 Å². The lowest BCUT2D eigenvalue weighted by Crippen LogP contribution is -2.49. The van der Waals surface area contributed by atoms with Gasteiger partial charge in [0.15, 0.2) is 11.5 Å². The molecule has 0 unspecified atom stereocenters. The second-order valence-corrected chi connectivity index (χ2v) is 11.3. The van der Waals surface area contributed by atoms with Gasteiger partial charge in [0, 0.05) is 74.1 Å². The molecule has 2 aromatic carbocycles. The maximum Gasteiger partial charge on any atom is 0.416 e. The molecule has 2 fully saturated rings. The molecule has 0 bridgehead atoms. The van der Waals surface area contributed by atoms with Crippen LogP contribution in [0.5, 0.6) is 17.2 Å². The number of piperazine rings is 1. The molecule has 2 amide bonds. The summed E-state index contributed by atoms with van der Waals surface area (Å²) < 4.78 is 54.2. The van der Waals surface area contributed by atoms with Crippen LogP contribution in [0.25, 0.3) is 0 Å². The Morgan fingerprint density at radius 2 is 1.56 bits per heavy atom. The van der Waals surface area contributed by atoms with E-state index in [-0.39, 0.29) is 11.8 Å². The Labute approximate surface area is 262 Å². The van der Waals surface area contributed by atoms with E-state index in [4.69, 9.17) is 25.1 Å². The number of nitrogens with zero attached hydrogens (tertiary/aromatic N) is 4. The molecule has 5 rings (SSSR count). The predicted molar refractivity (Wildman–Crippen MR) is 164 cm³/mol. The number of nitrogen functional groups attached to an aromatic ring is 1. The number of alkyl halides is 3. The minimum absolute atomic E-state index is 0.148. The number of carbonyl (C=O) groups excluding carboxylic acids is 1.